The van der Waals surface area contributed by atoms with E-state index in [4.69, 9.17) is 5.11 Å². The normalized spacial score (nSPS) is 12.3. The fraction of sp³-hybridized carbons (Fsp3) is 0.333. The molecule has 0 unspecified atom stereocenters. The highest BCUT2D eigenvalue weighted by molar-refractivity contribution is 7.95. The van der Waals surface area contributed by atoms with Gasteiger partial charge in [0.1, 0.15) is 15.6 Å². The number of benzene rings is 1. The number of anilines is 1. The lowest BCUT2D eigenvalue weighted by atomic mass is 10.3. The van der Waals surface area contributed by atoms with Gasteiger partial charge in [-0.05, 0) is 24.3 Å². The molecule has 2 N–H and O–H groups in total. The van der Waals surface area contributed by atoms with E-state index in [1.54, 1.807) is 0 Å². The van der Waals surface area contributed by atoms with Crippen molar-refractivity contribution >= 4 is 25.5 Å². The van der Waals surface area contributed by atoms with Crippen LogP contribution >= 0.6 is 0 Å². The van der Waals surface area contributed by atoms with E-state index in [1.807, 2.05) is 0 Å². The van der Waals surface area contributed by atoms with Crippen LogP contribution in [-0.4, -0.2) is 39.7 Å². The molecule has 0 bridgehead atoms. The SMILES string of the molecule is CS(=O)(=O)CCS(=O)(=O)Nc1ccc(O)cc1. The fourth-order valence-corrected chi connectivity index (χ4v) is 3.71. The average Bonchev–Trinajstić information content (AvgIpc) is 2.18. The zero-order valence-corrected chi connectivity index (χ0v) is 10.8. The molecule has 1 rings (SSSR count). The Morgan fingerprint density at radius 2 is 1.59 bits per heavy atom. The minimum Gasteiger partial charge on any atom is -0.508 e. The van der Waals surface area contributed by atoms with Crippen LogP contribution in [0.15, 0.2) is 24.3 Å². The molecule has 0 spiro atoms. The maximum Gasteiger partial charge on any atom is 0.233 e. The van der Waals surface area contributed by atoms with Crippen molar-refractivity contribution in [2.45, 2.75) is 0 Å². The highest BCUT2D eigenvalue weighted by Crippen LogP contribution is 2.15. The van der Waals surface area contributed by atoms with Gasteiger partial charge in [0.2, 0.25) is 10.0 Å². The summed E-state index contributed by atoms with van der Waals surface area (Å²) in [7, 11) is -7.01. The maximum atomic E-state index is 11.5. The lowest BCUT2D eigenvalue weighted by molar-refractivity contribution is 0.475. The van der Waals surface area contributed by atoms with E-state index >= 15 is 0 Å². The number of sulfone groups is 1. The molecule has 0 saturated heterocycles. The van der Waals surface area contributed by atoms with E-state index in [1.165, 1.54) is 24.3 Å². The van der Waals surface area contributed by atoms with Gasteiger partial charge in [0.05, 0.1) is 11.5 Å². The highest BCUT2D eigenvalue weighted by atomic mass is 32.2. The topological polar surface area (TPSA) is 101 Å². The molecule has 0 aliphatic carbocycles. The summed E-state index contributed by atoms with van der Waals surface area (Å²) < 4.78 is 46.9. The summed E-state index contributed by atoms with van der Waals surface area (Å²) in [5.74, 6) is -0.906. The summed E-state index contributed by atoms with van der Waals surface area (Å²) in [5, 5.41) is 9.01. The third kappa shape index (κ3) is 5.55. The molecular formula is C9H13NO5S2. The molecule has 0 amide bonds. The van der Waals surface area contributed by atoms with Crippen LogP contribution in [0.1, 0.15) is 0 Å². The summed E-state index contributed by atoms with van der Waals surface area (Å²) in [6, 6.07) is 5.42. The Morgan fingerprint density at radius 1 is 1.06 bits per heavy atom. The Morgan fingerprint density at radius 3 is 2.06 bits per heavy atom. The lowest BCUT2D eigenvalue weighted by Gasteiger charge is -2.07. The van der Waals surface area contributed by atoms with Crippen LogP contribution in [0.5, 0.6) is 5.75 Å². The van der Waals surface area contributed by atoms with Crippen LogP contribution in [0.4, 0.5) is 5.69 Å². The van der Waals surface area contributed by atoms with Gasteiger partial charge >= 0.3 is 0 Å². The van der Waals surface area contributed by atoms with Crippen molar-refractivity contribution in [3.05, 3.63) is 24.3 Å². The van der Waals surface area contributed by atoms with Gasteiger partial charge in [-0.2, -0.15) is 0 Å². The van der Waals surface area contributed by atoms with Crippen LogP contribution < -0.4 is 4.72 Å². The van der Waals surface area contributed by atoms with Crippen molar-refractivity contribution in [1.29, 1.82) is 0 Å². The molecule has 96 valence electrons. The Bertz CT molecular complexity index is 574. The molecule has 17 heavy (non-hydrogen) atoms. The van der Waals surface area contributed by atoms with Crippen LogP contribution in [0.2, 0.25) is 0 Å². The number of rotatable bonds is 5. The molecule has 0 aromatic heterocycles. The van der Waals surface area contributed by atoms with Gasteiger partial charge in [-0.1, -0.05) is 0 Å². The predicted octanol–water partition coefficient (Wildman–Crippen LogP) is 0.178. The number of aromatic hydroxyl groups is 1. The summed E-state index contributed by atoms with van der Waals surface area (Å²) >= 11 is 0. The van der Waals surface area contributed by atoms with Crippen LogP contribution in [0.25, 0.3) is 0 Å². The van der Waals surface area contributed by atoms with Crippen LogP contribution in [0.3, 0.4) is 0 Å². The van der Waals surface area contributed by atoms with E-state index in [0.717, 1.165) is 6.26 Å². The minimum absolute atomic E-state index is 0.0177. The third-order valence-electron chi connectivity index (χ3n) is 1.86. The summed E-state index contributed by atoms with van der Waals surface area (Å²) in [5.41, 5.74) is 0.274. The van der Waals surface area contributed by atoms with Crippen molar-refractivity contribution in [3.63, 3.8) is 0 Å². The fourth-order valence-electron chi connectivity index (χ4n) is 1.02. The van der Waals surface area contributed by atoms with Gasteiger partial charge in [-0.25, -0.2) is 16.8 Å². The molecule has 0 aliphatic rings. The predicted molar refractivity (Wildman–Crippen MR) is 65.2 cm³/mol. The molecule has 0 radical (unpaired) electrons. The van der Waals surface area contributed by atoms with Crippen molar-refractivity contribution < 1.29 is 21.9 Å². The van der Waals surface area contributed by atoms with Gasteiger partial charge in [0.15, 0.2) is 0 Å². The standard InChI is InChI=1S/C9H13NO5S2/c1-16(12,13)6-7-17(14,15)10-8-2-4-9(11)5-3-8/h2-5,10-11H,6-7H2,1H3. The van der Waals surface area contributed by atoms with E-state index < -0.39 is 31.4 Å². The zero-order valence-electron chi connectivity index (χ0n) is 9.12. The zero-order chi connectivity index (χ0) is 13.1. The molecule has 0 fully saturated rings. The number of phenols is 1. The Hall–Kier alpha value is -1.28. The number of hydrogen-bond donors (Lipinski definition) is 2. The molecule has 1 aromatic carbocycles. The minimum atomic E-state index is -3.69. The quantitative estimate of drug-likeness (QED) is 0.749. The highest BCUT2D eigenvalue weighted by Gasteiger charge is 2.14. The van der Waals surface area contributed by atoms with Crippen molar-refractivity contribution in [3.8, 4) is 5.75 Å². The van der Waals surface area contributed by atoms with Gasteiger partial charge in [0.25, 0.3) is 0 Å². The first-order chi connectivity index (χ1) is 7.68. The second-order valence-electron chi connectivity index (χ2n) is 3.60. The summed E-state index contributed by atoms with van der Waals surface area (Å²) in [6.45, 7) is 0. The Kier molecular flexibility index (Phi) is 3.99. The van der Waals surface area contributed by atoms with Crippen molar-refractivity contribution in [2.24, 2.45) is 0 Å². The maximum absolute atomic E-state index is 11.5. The third-order valence-corrected chi connectivity index (χ3v) is 4.36. The Labute approximate surface area is 100 Å². The summed E-state index contributed by atoms with van der Waals surface area (Å²) in [4.78, 5) is 0. The van der Waals surface area contributed by atoms with Gasteiger partial charge in [-0.3, -0.25) is 4.72 Å². The number of hydrogen-bond acceptors (Lipinski definition) is 5. The lowest BCUT2D eigenvalue weighted by Crippen LogP contribution is -2.22. The average molecular weight is 279 g/mol. The van der Waals surface area contributed by atoms with E-state index in [0.29, 0.717) is 0 Å². The Balaban J connectivity index is 2.70. The van der Waals surface area contributed by atoms with E-state index in [2.05, 4.69) is 4.72 Å². The first kappa shape index (κ1) is 13.8. The molecule has 8 heteroatoms. The second kappa shape index (κ2) is 4.92. The molecule has 0 aliphatic heterocycles. The number of sulfonamides is 1. The molecule has 6 nitrogen and oxygen atoms in total. The van der Waals surface area contributed by atoms with Crippen molar-refractivity contribution in [1.82, 2.24) is 0 Å². The van der Waals surface area contributed by atoms with Gasteiger partial charge in [0, 0.05) is 11.9 Å². The van der Waals surface area contributed by atoms with Gasteiger partial charge in [-0.15, -0.1) is 0 Å². The molecule has 0 heterocycles. The molecule has 0 saturated carbocycles. The molecule has 1 aromatic rings. The largest absolute Gasteiger partial charge is 0.508 e. The van der Waals surface area contributed by atoms with Crippen molar-refractivity contribution in [2.75, 3.05) is 22.5 Å². The van der Waals surface area contributed by atoms with Crippen LogP contribution in [0, 0.1) is 0 Å². The van der Waals surface area contributed by atoms with E-state index in [9.17, 15) is 16.8 Å². The number of phenolic OH excluding ortho intramolecular Hbond substituents is 1. The first-order valence-electron chi connectivity index (χ1n) is 4.65. The molecule has 0 atom stereocenters. The number of nitrogens with one attached hydrogen (secondary N) is 1. The molecular weight excluding hydrogens is 266 g/mol. The smallest absolute Gasteiger partial charge is 0.233 e. The monoisotopic (exact) mass is 279 g/mol. The summed E-state index contributed by atoms with van der Waals surface area (Å²) in [6.07, 6.45) is 0.975. The first-order valence-corrected chi connectivity index (χ1v) is 8.36. The van der Waals surface area contributed by atoms with Gasteiger partial charge < -0.3 is 5.11 Å². The van der Waals surface area contributed by atoms with Crippen LogP contribution in [-0.2, 0) is 19.9 Å². The van der Waals surface area contributed by atoms with E-state index in [-0.39, 0.29) is 11.4 Å². The second-order valence-corrected chi connectivity index (χ2v) is 7.70.